The Balaban J connectivity index is 2.57. The van der Waals surface area contributed by atoms with Gasteiger partial charge in [0.1, 0.15) is 5.82 Å². The van der Waals surface area contributed by atoms with Crippen LogP contribution in [0.2, 0.25) is 0 Å². The average Bonchev–Trinajstić information content (AvgIpc) is 2.19. The predicted octanol–water partition coefficient (Wildman–Crippen LogP) is 1.98. The van der Waals surface area contributed by atoms with E-state index in [1.165, 1.54) is 12.1 Å². The molecule has 0 spiro atoms. The van der Waals surface area contributed by atoms with Gasteiger partial charge in [0, 0.05) is 12.8 Å². The first-order valence-corrected chi connectivity index (χ1v) is 5.08. The number of hydrogen-bond acceptors (Lipinski definition) is 2. The lowest BCUT2D eigenvalue weighted by Crippen LogP contribution is -2.28. The Labute approximate surface area is 93.5 Å². The summed E-state index contributed by atoms with van der Waals surface area (Å²) in [6.07, 6.45) is 0.425. The van der Waals surface area contributed by atoms with E-state index in [0.29, 0.717) is 6.42 Å². The highest BCUT2D eigenvalue weighted by Gasteiger charge is 2.21. The molecule has 0 aromatic heterocycles. The second-order valence-electron chi connectivity index (χ2n) is 4.19. The molecule has 1 unspecified atom stereocenters. The summed E-state index contributed by atoms with van der Waals surface area (Å²) in [7, 11) is 0. The summed E-state index contributed by atoms with van der Waals surface area (Å²) in [6.45, 7) is 1.58. The maximum Gasteiger partial charge on any atom is 0.303 e. The van der Waals surface area contributed by atoms with Gasteiger partial charge in [-0.15, -0.1) is 0 Å². The van der Waals surface area contributed by atoms with Crippen LogP contribution in [0, 0.1) is 5.82 Å². The van der Waals surface area contributed by atoms with Crippen molar-refractivity contribution in [2.45, 2.75) is 31.8 Å². The van der Waals surface area contributed by atoms with Crippen molar-refractivity contribution in [1.29, 1.82) is 0 Å². The first-order chi connectivity index (χ1) is 7.39. The SMILES string of the molecule is CC(O)(CCC(=O)O)Cc1ccc(F)cc1. The van der Waals surface area contributed by atoms with E-state index < -0.39 is 11.6 Å². The molecular weight excluding hydrogens is 211 g/mol. The number of hydrogen-bond donors (Lipinski definition) is 2. The van der Waals surface area contributed by atoms with Crippen molar-refractivity contribution < 1.29 is 19.4 Å². The third kappa shape index (κ3) is 4.40. The zero-order valence-electron chi connectivity index (χ0n) is 9.11. The molecule has 1 aromatic rings. The summed E-state index contributed by atoms with van der Waals surface area (Å²) in [5.41, 5.74) is -0.285. The van der Waals surface area contributed by atoms with Crippen molar-refractivity contribution in [1.82, 2.24) is 0 Å². The summed E-state index contributed by atoms with van der Waals surface area (Å²) in [4.78, 5) is 10.4. The molecule has 16 heavy (non-hydrogen) atoms. The Hall–Kier alpha value is -1.42. The molecule has 0 bridgehead atoms. The number of carboxylic acid groups (broad SMARTS) is 1. The van der Waals surface area contributed by atoms with E-state index in [4.69, 9.17) is 5.11 Å². The monoisotopic (exact) mass is 226 g/mol. The van der Waals surface area contributed by atoms with E-state index in [0.717, 1.165) is 5.56 Å². The van der Waals surface area contributed by atoms with Gasteiger partial charge in [-0.05, 0) is 31.0 Å². The van der Waals surface area contributed by atoms with Gasteiger partial charge in [0.05, 0.1) is 5.60 Å². The quantitative estimate of drug-likeness (QED) is 0.807. The van der Waals surface area contributed by atoms with Crippen LogP contribution >= 0.6 is 0 Å². The van der Waals surface area contributed by atoms with Crippen LogP contribution in [0.3, 0.4) is 0 Å². The molecule has 3 nitrogen and oxygen atoms in total. The van der Waals surface area contributed by atoms with Crippen molar-refractivity contribution in [3.05, 3.63) is 35.6 Å². The molecule has 0 aliphatic rings. The molecule has 0 aliphatic heterocycles. The Bertz CT molecular complexity index is 357. The molecule has 0 saturated heterocycles. The van der Waals surface area contributed by atoms with E-state index >= 15 is 0 Å². The Morgan fingerprint density at radius 3 is 2.44 bits per heavy atom. The molecule has 0 saturated carbocycles. The zero-order valence-corrected chi connectivity index (χ0v) is 9.11. The molecule has 0 heterocycles. The lowest BCUT2D eigenvalue weighted by molar-refractivity contribution is -0.138. The molecule has 0 fully saturated rings. The highest BCUT2D eigenvalue weighted by molar-refractivity contribution is 5.66. The summed E-state index contributed by atoms with van der Waals surface area (Å²) in [5, 5.41) is 18.4. The minimum Gasteiger partial charge on any atom is -0.481 e. The molecule has 0 radical (unpaired) electrons. The lowest BCUT2D eigenvalue weighted by Gasteiger charge is -2.22. The topological polar surface area (TPSA) is 57.5 Å². The summed E-state index contributed by atoms with van der Waals surface area (Å²) >= 11 is 0. The molecule has 1 rings (SSSR count). The minimum absolute atomic E-state index is 0.0752. The number of halogens is 1. The molecule has 0 amide bonds. The third-order valence-corrected chi connectivity index (χ3v) is 2.38. The van der Waals surface area contributed by atoms with Gasteiger partial charge in [-0.1, -0.05) is 12.1 Å². The van der Waals surface area contributed by atoms with Crippen LogP contribution in [0.4, 0.5) is 4.39 Å². The van der Waals surface area contributed by atoms with Crippen LogP contribution in [0.15, 0.2) is 24.3 Å². The van der Waals surface area contributed by atoms with Gasteiger partial charge in [0.25, 0.3) is 0 Å². The fraction of sp³-hybridized carbons (Fsp3) is 0.417. The van der Waals surface area contributed by atoms with Gasteiger partial charge >= 0.3 is 5.97 Å². The van der Waals surface area contributed by atoms with Gasteiger partial charge in [-0.3, -0.25) is 4.79 Å². The smallest absolute Gasteiger partial charge is 0.303 e. The fourth-order valence-electron chi connectivity index (χ4n) is 1.51. The summed E-state index contributed by atoms with van der Waals surface area (Å²) in [6, 6.07) is 5.82. The average molecular weight is 226 g/mol. The largest absolute Gasteiger partial charge is 0.481 e. The number of benzene rings is 1. The van der Waals surface area contributed by atoms with E-state index in [2.05, 4.69) is 0 Å². The molecule has 88 valence electrons. The van der Waals surface area contributed by atoms with Crippen LogP contribution in [-0.4, -0.2) is 21.8 Å². The van der Waals surface area contributed by atoms with Gasteiger partial charge in [-0.2, -0.15) is 0 Å². The molecule has 0 aliphatic carbocycles. The highest BCUT2D eigenvalue weighted by Crippen LogP contribution is 2.18. The number of rotatable bonds is 5. The van der Waals surface area contributed by atoms with Crippen LogP contribution in [0.1, 0.15) is 25.3 Å². The molecular formula is C12H15FO3. The third-order valence-electron chi connectivity index (χ3n) is 2.38. The van der Waals surface area contributed by atoms with Crippen LogP contribution in [-0.2, 0) is 11.2 Å². The molecule has 1 atom stereocenters. The van der Waals surface area contributed by atoms with Gasteiger partial charge < -0.3 is 10.2 Å². The highest BCUT2D eigenvalue weighted by atomic mass is 19.1. The van der Waals surface area contributed by atoms with Gasteiger partial charge in [0.2, 0.25) is 0 Å². The first-order valence-electron chi connectivity index (χ1n) is 5.08. The number of carbonyl (C=O) groups is 1. The summed E-state index contributed by atoms with van der Waals surface area (Å²) < 4.78 is 12.6. The number of carboxylic acids is 1. The fourth-order valence-corrected chi connectivity index (χ4v) is 1.51. The van der Waals surface area contributed by atoms with Crippen molar-refractivity contribution >= 4 is 5.97 Å². The van der Waals surface area contributed by atoms with Crippen LogP contribution in [0.5, 0.6) is 0 Å². The van der Waals surface area contributed by atoms with E-state index in [1.54, 1.807) is 19.1 Å². The van der Waals surface area contributed by atoms with Gasteiger partial charge in [-0.25, -0.2) is 4.39 Å². The van der Waals surface area contributed by atoms with Crippen LogP contribution < -0.4 is 0 Å². The standard InChI is InChI=1S/C12H15FO3/c1-12(16,7-6-11(14)15)8-9-2-4-10(13)5-3-9/h2-5,16H,6-8H2,1H3,(H,14,15). The Morgan fingerprint density at radius 1 is 1.38 bits per heavy atom. The molecule has 2 N–H and O–H groups in total. The minimum atomic E-state index is -1.07. The van der Waals surface area contributed by atoms with Crippen molar-refractivity contribution in [2.75, 3.05) is 0 Å². The van der Waals surface area contributed by atoms with E-state index in [1.807, 2.05) is 0 Å². The molecule has 1 aromatic carbocycles. The van der Waals surface area contributed by atoms with Crippen molar-refractivity contribution in [3.8, 4) is 0 Å². The van der Waals surface area contributed by atoms with Gasteiger partial charge in [0.15, 0.2) is 0 Å². The van der Waals surface area contributed by atoms with E-state index in [-0.39, 0.29) is 18.7 Å². The Kier molecular flexibility index (Phi) is 4.01. The van der Waals surface area contributed by atoms with Crippen LogP contribution in [0.25, 0.3) is 0 Å². The summed E-state index contributed by atoms with van der Waals surface area (Å²) in [5.74, 6) is -1.26. The number of aliphatic hydroxyl groups is 1. The zero-order chi connectivity index (χ0) is 12.2. The second kappa shape index (κ2) is 5.07. The van der Waals surface area contributed by atoms with E-state index in [9.17, 15) is 14.3 Å². The Morgan fingerprint density at radius 2 is 1.94 bits per heavy atom. The maximum atomic E-state index is 12.6. The van der Waals surface area contributed by atoms with Crippen molar-refractivity contribution in [2.24, 2.45) is 0 Å². The normalized spacial score (nSPS) is 14.4. The number of aliphatic carboxylic acids is 1. The maximum absolute atomic E-state index is 12.6. The molecule has 4 heteroatoms. The predicted molar refractivity (Wildman–Crippen MR) is 57.6 cm³/mol. The van der Waals surface area contributed by atoms with Crippen molar-refractivity contribution in [3.63, 3.8) is 0 Å². The lowest BCUT2D eigenvalue weighted by atomic mass is 9.92. The second-order valence-corrected chi connectivity index (χ2v) is 4.19. The first kappa shape index (κ1) is 12.6.